The molecule has 2 amide bonds. The molecule has 4 aromatic heterocycles. The Hall–Kier alpha value is -9.11. The van der Waals surface area contributed by atoms with Crippen LogP contribution in [0.25, 0.3) is 43.6 Å². The van der Waals surface area contributed by atoms with Gasteiger partial charge in [-0.05, 0) is 275 Å². The number of benzene rings is 4. The van der Waals surface area contributed by atoms with Gasteiger partial charge in [0.05, 0.1) is 41.0 Å². The molecule has 0 saturated heterocycles. The van der Waals surface area contributed by atoms with Gasteiger partial charge < -0.3 is 31.4 Å². The number of carbonyl (C=O) groups is 5. The van der Waals surface area contributed by atoms with Crippen molar-refractivity contribution < 1.29 is 38.6 Å². The van der Waals surface area contributed by atoms with Crippen LogP contribution in [-0.2, 0) is 23.9 Å². The first-order valence-corrected chi connectivity index (χ1v) is 39.6. The number of ether oxygens (including phenoxy) is 2. The molecule has 10 N–H and O–H groups in total. The lowest BCUT2D eigenvalue weighted by Gasteiger charge is -2.29. The van der Waals surface area contributed by atoms with Crippen molar-refractivity contribution in [3.8, 4) is 0 Å². The molecule has 4 aromatic carbocycles. The van der Waals surface area contributed by atoms with Crippen LogP contribution in [0.4, 0.5) is 9.59 Å². The molecule has 110 heavy (non-hydrogen) atoms. The maximum absolute atomic E-state index is 12.2. The van der Waals surface area contributed by atoms with Gasteiger partial charge in [0.15, 0.2) is 5.78 Å². The maximum Gasteiger partial charge on any atom is 0.421 e. The van der Waals surface area contributed by atoms with Crippen LogP contribution in [0.2, 0.25) is 0 Å². The second kappa shape index (κ2) is 43.5. The zero-order valence-electron chi connectivity index (χ0n) is 66.5. The summed E-state index contributed by atoms with van der Waals surface area (Å²) in [5.74, 6) is 9.79. The van der Waals surface area contributed by atoms with Crippen LogP contribution in [0.15, 0.2) is 156 Å². The number of pyridine rings is 4. The van der Waals surface area contributed by atoms with Crippen LogP contribution >= 0.6 is 12.4 Å². The van der Waals surface area contributed by atoms with Gasteiger partial charge in [0.25, 0.3) is 0 Å². The lowest BCUT2D eigenvalue weighted by atomic mass is 9.76. The van der Waals surface area contributed by atoms with Crippen LogP contribution in [0.5, 0.6) is 0 Å². The van der Waals surface area contributed by atoms with E-state index >= 15 is 0 Å². The number of aliphatic carboxylic acids is 1. The number of carboxylic acid groups (broad SMARTS) is 1. The first kappa shape index (κ1) is 88.1. The summed E-state index contributed by atoms with van der Waals surface area (Å²) < 4.78 is 9.88. The van der Waals surface area contributed by atoms with E-state index in [1.165, 1.54) is 80.9 Å². The highest BCUT2D eigenvalue weighted by Crippen LogP contribution is 2.44. The Morgan fingerprint density at radius 2 is 0.800 bits per heavy atom. The van der Waals surface area contributed by atoms with E-state index in [4.69, 9.17) is 37.3 Å². The Morgan fingerprint density at radius 1 is 0.482 bits per heavy atom. The second-order valence-corrected chi connectivity index (χ2v) is 32.7. The van der Waals surface area contributed by atoms with Gasteiger partial charge in [0.2, 0.25) is 0 Å². The van der Waals surface area contributed by atoms with Crippen molar-refractivity contribution in [2.45, 2.75) is 239 Å². The summed E-state index contributed by atoms with van der Waals surface area (Å²) in [4.78, 5) is 74.4. The number of hydrogen-bond donors (Lipinski definition) is 7. The molecule has 1 aliphatic heterocycles. The molecule has 5 heterocycles. The van der Waals surface area contributed by atoms with Crippen molar-refractivity contribution in [1.82, 2.24) is 30.7 Å². The average molecular weight is 1520 g/mol. The van der Waals surface area contributed by atoms with Crippen molar-refractivity contribution in [2.75, 3.05) is 13.1 Å². The topological polar surface area (TPSA) is 326 Å². The zero-order valence-corrected chi connectivity index (χ0v) is 67.3. The zero-order chi connectivity index (χ0) is 78.6. The first-order valence-electron chi connectivity index (χ1n) is 39.6. The largest absolute Gasteiger partial charge is 0.481 e. The highest BCUT2D eigenvalue weighted by Gasteiger charge is 2.31. The fraction of sp³-hybridized carbons (Fsp3) is 0.506. The molecule has 0 unspecified atom stereocenters. The summed E-state index contributed by atoms with van der Waals surface area (Å²) in [6.07, 6.45) is 28.4. The predicted molar refractivity (Wildman–Crippen MR) is 447 cm³/mol. The number of nitrogens with zero attached hydrogens (tertiary/aromatic N) is 6. The van der Waals surface area contributed by atoms with Gasteiger partial charge in [-0.3, -0.25) is 45.2 Å². The molecule has 0 atom stereocenters. The number of hydrazine groups is 1. The molecule has 21 heteroatoms. The molecule has 13 rings (SSSR count). The third kappa shape index (κ3) is 28.3. The molecule has 20 nitrogen and oxygen atoms in total. The summed E-state index contributed by atoms with van der Waals surface area (Å²) in [7, 11) is 0. The highest BCUT2D eigenvalue weighted by molar-refractivity contribution is 6.08. The normalized spacial score (nSPS) is 20.3. The number of para-hydroxylation sites is 4. The Labute approximate surface area is 657 Å². The monoisotopic (exact) mass is 1520 g/mol. The molecule has 0 spiro atoms. The number of fused-ring (bicyclic) bond motifs is 4. The van der Waals surface area contributed by atoms with E-state index in [0.717, 1.165) is 118 Å². The van der Waals surface area contributed by atoms with E-state index in [1.807, 2.05) is 62.3 Å². The molecule has 592 valence electrons. The number of nitrogens with one attached hydrogen (secondary N) is 3. The number of aromatic nitrogens is 4. The van der Waals surface area contributed by atoms with Crippen molar-refractivity contribution in [1.29, 1.82) is 5.41 Å². The van der Waals surface area contributed by atoms with E-state index in [1.54, 1.807) is 41.5 Å². The van der Waals surface area contributed by atoms with Gasteiger partial charge in [0, 0.05) is 89.4 Å². The Kier molecular flexibility index (Phi) is 34.8. The van der Waals surface area contributed by atoms with Crippen LogP contribution in [0.3, 0.4) is 0 Å². The Bertz CT molecular complexity index is 4330. The van der Waals surface area contributed by atoms with E-state index < -0.39 is 29.4 Å². The molecule has 8 aromatic rings. The number of hydrogen-bond acceptors (Lipinski definition) is 16. The number of amidine groups is 1. The van der Waals surface area contributed by atoms with Crippen molar-refractivity contribution in [3.05, 3.63) is 168 Å². The lowest BCUT2D eigenvalue weighted by Crippen LogP contribution is -2.36. The molecule has 0 radical (unpaired) electrons. The molecule has 4 aliphatic carbocycles. The van der Waals surface area contributed by atoms with E-state index in [-0.39, 0.29) is 48.8 Å². The third-order valence-corrected chi connectivity index (χ3v) is 21.5. The standard InChI is InChI=1S/C23H30N2O3.C22H27N3.C18H22N2O.C17H19NO2.C5H12N2O2.C4H10N2.ClH/c1-23(2,3)28-22(27)25-15-18(26)14-16-8-10-17(11-9-16)19-12-13-24-21-7-5-4-6-20(19)21;1-15(2)22-14-18(24-25-22)13-16-7-9-17(10-8-16)19-11-12-23-21-6-4-3-5-20(19)21;19-12-15(21)11-13-5-7-14(8-6-13)16-9-10-20-18-4-2-1-3-17(16)18;19-17(20)11-12-5-7-13(8-6-12)14-9-10-18-16-4-2-1-3-15(14)16;1-5(2,3)9-4(8)7-6;1-3(2)4(5)6;/h4-7,12-13,16-17H,8-11,14-15H2,1-3H3,(H,25,27);3-6,11-12,15-17H,7-10,13-14H2,1-2H3;1-4,9-10,13-14H,5-8,11-12,19H2;1-4,9-10,12-13H,5-8,11H2,(H,19,20);6H2,1-3H3,(H,7,8);3H,1-2H3,(H3,5,6);1H. The number of alkyl carbamates (subject to hydrolysis) is 1. The number of Topliss-reactive ketones (excluding diaryl/α,β-unsaturated/α-hetero) is 2. The fourth-order valence-corrected chi connectivity index (χ4v) is 15.6. The van der Waals surface area contributed by atoms with Gasteiger partial charge in [0.1, 0.15) is 17.0 Å². The number of ketones is 2. The maximum atomic E-state index is 12.2. The minimum absolute atomic E-state index is 0. The predicted octanol–water partition coefficient (Wildman–Crippen LogP) is 19.5. The van der Waals surface area contributed by atoms with E-state index in [2.05, 4.69) is 152 Å². The molecule has 4 saturated carbocycles. The molecule has 0 bridgehead atoms. The number of carboxylic acids is 1. The smallest absolute Gasteiger partial charge is 0.421 e. The molecular formula is C89H121ClN12O8. The second-order valence-electron chi connectivity index (χ2n) is 32.7. The van der Waals surface area contributed by atoms with Gasteiger partial charge in [-0.1, -0.05) is 100 Å². The van der Waals surface area contributed by atoms with Crippen molar-refractivity contribution in [2.24, 2.45) is 63.0 Å². The van der Waals surface area contributed by atoms with E-state index in [0.29, 0.717) is 66.6 Å². The summed E-state index contributed by atoms with van der Waals surface area (Å²) in [5, 5.41) is 32.1. The third-order valence-electron chi connectivity index (χ3n) is 21.5. The minimum atomic E-state index is -0.664. The number of rotatable bonds is 17. The fourth-order valence-electron chi connectivity index (χ4n) is 15.6. The Balaban J connectivity index is 0.000000192. The molecule has 4 fully saturated rings. The molecule has 5 aliphatic rings. The minimum Gasteiger partial charge on any atom is -0.481 e. The SMILES string of the molecule is CC(C)(C)OC(=O)NCC(=O)CC1CCC(c2ccnc3ccccc23)CC1.CC(C)(C)OC(=O)NN.CC(C)C(=N)N.CC(C)C1=NN=C(CC2CCC(c3ccnc4ccccc34)CC2)C1.Cl.NCC(=O)CC1CCC(c2ccnc3ccccc23)CC1.O=C(O)CC1CCC(c2ccnc3ccccc23)CC1. The summed E-state index contributed by atoms with van der Waals surface area (Å²) in [6.45, 7) is 19.1. The van der Waals surface area contributed by atoms with Crippen molar-refractivity contribution >= 4 is 103 Å². The summed E-state index contributed by atoms with van der Waals surface area (Å²) in [6, 6.07) is 42.1. The first-order chi connectivity index (χ1) is 52.1. The number of carbonyl (C=O) groups excluding carboxylic acids is 4. The van der Waals surface area contributed by atoms with Gasteiger partial charge in [-0.25, -0.2) is 15.4 Å². The summed E-state index contributed by atoms with van der Waals surface area (Å²) in [5.41, 5.74) is 23.8. The molecular weight excluding hydrogens is 1400 g/mol. The van der Waals surface area contributed by atoms with Crippen LogP contribution in [0.1, 0.15) is 250 Å². The quantitative estimate of drug-likeness (QED) is 0.0146. The van der Waals surface area contributed by atoms with Gasteiger partial charge >= 0.3 is 18.2 Å². The highest BCUT2D eigenvalue weighted by atomic mass is 35.5. The van der Waals surface area contributed by atoms with Gasteiger partial charge in [-0.15, -0.1) is 12.4 Å². The van der Waals surface area contributed by atoms with Crippen LogP contribution in [-0.4, -0.2) is 96.3 Å². The number of nitrogens with two attached hydrogens (primary N) is 3. The van der Waals surface area contributed by atoms with Gasteiger partial charge in [-0.2, -0.15) is 10.2 Å². The van der Waals surface area contributed by atoms with E-state index in [9.17, 15) is 24.0 Å². The van der Waals surface area contributed by atoms with Crippen molar-refractivity contribution in [3.63, 3.8) is 0 Å². The number of amides is 2. The average Bonchev–Trinajstić information content (AvgIpc) is 0.866. The van der Waals surface area contributed by atoms with Crippen LogP contribution in [0, 0.1) is 40.9 Å². The summed E-state index contributed by atoms with van der Waals surface area (Å²) >= 11 is 0. The number of halogens is 1. The lowest BCUT2D eigenvalue weighted by molar-refractivity contribution is -0.138. The Morgan fingerprint density at radius 3 is 1.09 bits per heavy atom. The van der Waals surface area contributed by atoms with Crippen LogP contribution < -0.4 is 28.1 Å².